The van der Waals surface area contributed by atoms with Crippen LogP contribution in [-0.4, -0.2) is 47.8 Å². The Kier molecular flexibility index (Phi) is 4.31. The largest absolute Gasteiger partial charge is 0.479 e. The van der Waals surface area contributed by atoms with Crippen molar-refractivity contribution in [1.82, 2.24) is 14.8 Å². The number of aromatic nitrogens is 3. The van der Waals surface area contributed by atoms with E-state index in [0.29, 0.717) is 12.8 Å². The quantitative estimate of drug-likeness (QED) is 0.650. The van der Waals surface area contributed by atoms with E-state index in [9.17, 15) is 20.1 Å². The Hall–Kier alpha value is -2.51. The summed E-state index contributed by atoms with van der Waals surface area (Å²) < 4.78 is 1.90. The molecular weight excluding hydrogens is 418 g/mol. The van der Waals surface area contributed by atoms with Crippen LogP contribution in [0, 0.1) is 28.6 Å². The number of aliphatic hydroxyl groups excluding tert-OH is 1. The number of hydrogen-bond acceptors (Lipinski definition) is 5. The molecule has 174 valence electrons. The fourth-order valence-electron chi connectivity index (χ4n) is 8.20. The van der Waals surface area contributed by atoms with Crippen molar-refractivity contribution in [2.45, 2.75) is 64.1 Å². The minimum absolute atomic E-state index is 0.0399. The third-order valence-electron chi connectivity index (χ3n) is 9.80. The lowest BCUT2D eigenvalue weighted by Crippen LogP contribution is -2.61. The van der Waals surface area contributed by atoms with Crippen LogP contribution in [0.4, 0.5) is 0 Å². The van der Waals surface area contributed by atoms with Crippen LogP contribution in [0.5, 0.6) is 0 Å². The van der Waals surface area contributed by atoms with Gasteiger partial charge in [0.1, 0.15) is 0 Å². The van der Waals surface area contributed by atoms with Gasteiger partial charge in [0.05, 0.1) is 18.0 Å². The van der Waals surface area contributed by atoms with Gasteiger partial charge in [-0.2, -0.15) is 5.10 Å². The van der Waals surface area contributed by atoms with Crippen molar-refractivity contribution >= 4 is 12.0 Å². The van der Waals surface area contributed by atoms with Crippen LogP contribution < -0.4 is 0 Å². The molecule has 3 fully saturated rings. The highest BCUT2D eigenvalue weighted by Gasteiger charge is 2.68. The Morgan fingerprint density at radius 2 is 2.06 bits per heavy atom. The summed E-state index contributed by atoms with van der Waals surface area (Å²) in [5.41, 5.74) is 0.782. The van der Waals surface area contributed by atoms with Crippen molar-refractivity contribution in [2.75, 3.05) is 0 Å². The van der Waals surface area contributed by atoms with E-state index in [1.165, 1.54) is 5.57 Å². The summed E-state index contributed by atoms with van der Waals surface area (Å²) in [6.45, 7) is 4.16. The van der Waals surface area contributed by atoms with E-state index in [1.807, 2.05) is 36.0 Å². The molecule has 0 aromatic carbocycles. The number of carboxylic acids is 1. The fraction of sp³-hybridized carbons (Fsp3) is 0.577. The first kappa shape index (κ1) is 21.1. The van der Waals surface area contributed by atoms with Crippen LogP contribution in [0.1, 0.15) is 57.2 Å². The van der Waals surface area contributed by atoms with Crippen molar-refractivity contribution in [2.24, 2.45) is 28.6 Å². The molecule has 7 nitrogen and oxygen atoms in total. The molecule has 0 amide bonds. The molecular formula is C26H31N3O4. The van der Waals surface area contributed by atoms with Crippen molar-refractivity contribution in [3.8, 4) is 5.82 Å². The first-order chi connectivity index (χ1) is 15.7. The highest BCUT2D eigenvalue weighted by molar-refractivity contribution is 5.79. The van der Waals surface area contributed by atoms with Gasteiger partial charge in [0, 0.05) is 11.6 Å². The van der Waals surface area contributed by atoms with Gasteiger partial charge in [-0.1, -0.05) is 25.5 Å². The molecule has 4 aliphatic carbocycles. The van der Waals surface area contributed by atoms with E-state index in [1.54, 1.807) is 6.20 Å². The number of hydrogen-bond donors (Lipinski definition) is 3. The molecule has 3 N–H and O–H groups in total. The molecule has 0 unspecified atom stereocenters. The highest BCUT2D eigenvalue weighted by Crippen LogP contribution is 2.67. The van der Waals surface area contributed by atoms with Gasteiger partial charge in [0.25, 0.3) is 0 Å². The van der Waals surface area contributed by atoms with Gasteiger partial charge in [-0.3, -0.25) is 0 Å². The maximum Gasteiger partial charge on any atom is 0.336 e. The number of carbonyl (C=O) groups is 1. The number of fused-ring (bicyclic) bond motifs is 6. The van der Waals surface area contributed by atoms with E-state index in [4.69, 9.17) is 0 Å². The predicted octanol–water partition coefficient (Wildman–Crippen LogP) is 3.24. The molecule has 7 heteroatoms. The van der Waals surface area contributed by atoms with Crippen molar-refractivity contribution in [1.29, 1.82) is 0 Å². The van der Waals surface area contributed by atoms with Crippen molar-refractivity contribution < 1.29 is 20.1 Å². The second kappa shape index (κ2) is 6.76. The molecule has 2 heterocycles. The second-order valence-electron chi connectivity index (χ2n) is 11.1. The molecule has 3 saturated carbocycles. The maximum atomic E-state index is 12.0. The zero-order chi connectivity index (χ0) is 23.2. The first-order valence-electron chi connectivity index (χ1n) is 12.0. The zero-order valence-electron chi connectivity index (χ0n) is 19.1. The molecule has 0 radical (unpaired) electrons. The molecule has 7 atom stereocenters. The molecule has 33 heavy (non-hydrogen) atoms. The smallest absolute Gasteiger partial charge is 0.336 e. The summed E-state index contributed by atoms with van der Waals surface area (Å²) >= 11 is 0. The van der Waals surface area contributed by atoms with Gasteiger partial charge in [-0.05, 0) is 85.5 Å². The lowest BCUT2D eigenvalue weighted by atomic mass is 9.45. The van der Waals surface area contributed by atoms with Crippen LogP contribution in [-0.2, 0) is 11.2 Å². The van der Waals surface area contributed by atoms with E-state index < -0.39 is 23.1 Å². The van der Waals surface area contributed by atoms with Gasteiger partial charge in [-0.15, -0.1) is 0 Å². The van der Waals surface area contributed by atoms with Crippen molar-refractivity contribution in [3.63, 3.8) is 0 Å². The molecule has 6 rings (SSSR count). The third-order valence-corrected chi connectivity index (χ3v) is 9.80. The fourth-order valence-corrected chi connectivity index (χ4v) is 8.20. The number of nitrogens with zero attached hydrogens (tertiary/aromatic N) is 3. The van der Waals surface area contributed by atoms with E-state index in [2.05, 4.69) is 23.1 Å². The van der Waals surface area contributed by atoms with Gasteiger partial charge < -0.3 is 15.3 Å². The van der Waals surface area contributed by atoms with E-state index in [-0.39, 0.29) is 29.6 Å². The van der Waals surface area contributed by atoms with Crippen LogP contribution in [0.3, 0.4) is 0 Å². The Morgan fingerprint density at radius 3 is 2.79 bits per heavy atom. The summed E-state index contributed by atoms with van der Waals surface area (Å²) in [6.07, 6.45) is 9.19. The number of pyridine rings is 1. The molecule has 0 spiro atoms. The number of carboxylic acid groups (broad SMARTS) is 1. The first-order valence-corrected chi connectivity index (χ1v) is 12.0. The summed E-state index contributed by atoms with van der Waals surface area (Å²) in [6, 6.07) is 5.80. The van der Waals surface area contributed by atoms with Crippen molar-refractivity contribution in [3.05, 3.63) is 47.4 Å². The Morgan fingerprint density at radius 1 is 1.24 bits per heavy atom. The minimum atomic E-state index is -1.76. The normalized spacial score (nSPS) is 41.4. The molecule has 0 saturated heterocycles. The molecule has 2 aromatic heterocycles. The SMILES string of the molecule is C[C@]12Cc3cnn(-c4ccccn4)c3C=C1CC[C@@H]1[C@@H]2[C@@H](O)C[C@@]2(C)[C@H]1CC[C@]2(O)C(=O)O. The van der Waals surface area contributed by atoms with E-state index >= 15 is 0 Å². The number of rotatable bonds is 2. The lowest BCUT2D eigenvalue weighted by Gasteiger charge is -2.60. The van der Waals surface area contributed by atoms with Gasteiger partial charge in [0.2, 0.25) is 0 Å². The summed E-state index contributed by atoms with van der Waals surface area (Å²) in [7, 11) is 0. The molecule has 0 bridgehead atoms. The van der Waals surface area contributed by atoms with E-state index in [0.717, 1.165) is 36.3 Å². The summed E-state index contributed by atoms with van der Waals surface area (Å²) in [5, 5.41) is 37.1. The van der Waals surface area contributed by atoms with Crippen LogP contribution in [0.15, 0.2) is 36.2 Å². The average Bonchev–Trinajstić information content (AvgIpc) is 3.30. The maximum absolute atomic E-state index is 12.0. The Bertz CT molecular complexity index is 1160. The predicted molar refractivity (Wildman–Crippen MR) is 121 cm³/mol. The Labute approximate surface area is 193 Å². The van der Waals surface area contributed by atoms with Gasteiger partial charge in [0.15, 0.2) is 11.4 Å². The average molecular weight is 450 g/mol. The van der Waals surface area contributed by atoms with Gasteiger partial charge in [-0.25, -0.2) is 14.5 Å². The van der Waals surface area contributed by atoms with Crippen LogP contribution in [0.2, 0.25) is 0 Å². The third kappa shape index (κ3) is 2.61. The van der Waals surface area contributed by atoms with Crippen LogP contribution in [0.25, 0.3) is 11.9 Å². The molecule has 0 aliphatic heterocycles. The number of aliphatic carboxylic acids is 1. The Balaban J connectivity index is 1.39. The lowest BCUT2D eigenvalue weighted by molar-refractivity contribution is -0.193. The molecule has 4 aliphatic rings. The topological polar surface area (TPSA) is 108 Å². The minimum Gasteiger partial charge on any atom is -0.479 e. The summed E-state index contributed by atoms with van der Waals surface area (Å²) in [4.78, 5) is 16.5. The number of aliphatic hydroxyl groups is 2. The van der Waals surface area contributed by atoms with Crippen LogP contribution >= 0.6 is 0 Å². The number of allylic oxidation sites excluding steroid dienone is 1. The summed E-state index contributed by atoms with van der Waals surface area (Å²) in [5.74, 6) is -0.0204. The highest BCUT2D eigenvalue weighted by atomic mass is 16.4. The zero-order valence-corrected chi connectivity index (χ0v) is 19.1. The van der Waals surface area contributed by atoms with Gasteiger partial charge >= 0.3 is 5.97 Å². The monoisotopic (exact) mass is 449 g/mol. The second-order valence-corrected chi connectivity index (χ2v) is 11.1. The standard InChI is InChI=1S/C26H31N3O4/c1-24-12-15-14-28-29(21-5-3-4-10-27-21)19(15)11-16(24)6-7-17-18-8-9-26(33,23(31)32)25(18,2)13-20(30)22(17)24/h3-5,10-11,14,17-18,20,22,30,33H,6-9,12-13H2,1-2H3,(H,31,32)/t17-,18-,20-,22+,24-,25-,26-/m0/s1. The molecule has 2 aromatic rings.